The number of carbonyl (C=O) groups is 1. The molecule has 3 nitrogen and oxygen atoms in total. The van der Waals surface area contributed by atoms with Crippen LogP contribution in [0.2, 0.25) is 0 Å². The summed E-state index contributed by atoms with van der Waals surface area (Å²) in [5.41, 5.74) is 0.889. The summed E-state index contributed by atoms with van der Waals surface area (Å²) >= 11 is 0.737. The number of aromatic nitrogens is 1. The van der Waals surface area contributed by atoms with E-state index in [1.54, 1.807) is 30.3 Å². The molecule has 0 bridgehead atoms. The molecule has 31 heavy (non-hydrogen) atoms. The van der Waals surface area contributed by atoms with Gasteiger partial charge in [0.2, 0.25) is 0 Å². The smallest absolute Gasteiger partial charge is 0.340 e. The van der Waals surface area contributed by atoms with Crippen LogP contribution < -0.4 is 5.32 Å². The van der Waals surface area contributed by atoms with Crippen LogP contribution in [-0.2, 0) is 6.18 Å². The maximum Gasteiger partial charge on any atom is 0.435 e. The van der Waals surface area contributed by atoms with Gasteiger partial charge < -0.3 is 5.32 Å². The van der Waals surface area contributed by atoms with E-state index >= 15 is 0 Å². The first kappa shape index (κ1) is 20.8. The largest absolute Gasteiger partial charge is 0.435 e. The van der Waals surface area contributed by atoms with Crippen molar-refractivity contribution in [2.45, 2.75) is 12.2 Å². The summed E-state index contributed by atoms with van der Waals surface area (Å²) < 4.78 is 41.1. The van der Waals surface area contributed by atoms with Gasteiger partial charge in [-0.1, -0.05) is 91.0 Å². The normalized spacial score (nSPS) is 11.5. The minimum absolute atomic E-state index is 0.147. The van der Waals surface area contributed by atoms with Gasteiger partial charge in [-0.25, -0.2) is 4.98 Å². The number of halogens is 3. The van der Waals surface area contributed by atoms with Crippen LogP contribution in [0, 0.1) is 0 Å². The van der Waals surface area contributed by atoms with Crippen LogP contribution in [0.15, 0.2) is 91.0 Å². The summed E-state index contributed by atoms with van der Waals surface area (Å²) in [7, 11) is 0. The van der Waals surface area contributed by atoms with E-state index in [0.717, 1.165) is 22.5 Å². The van der Waals surface area contributed by atoms with E-state index in [0.29, 0.717) is 5.56 Å². The van der Waals surface area contributed by atoms with E-state index in [-0.39, 0.29) is 5.01 Å². The lowest BCUT2D eigenvalue weighted by atomic mass is 9.98. The van der Waals surface area contributed by atoms with Crippen molar-refractivity contribution >= 4 is 17.2 Å². The van der Waals surface area contributed by atoms with Crippen LogP contribution in [0.1, 0.15) is 32.5 Å². The Hall–Kier alpha value is -3.45. The molecular formula is C24H17F3N2OS. The second-order valence-corrected chi connectivity index (χ2v) is 7.79. The Morgan fingerprint density at radius 1 is 0.806 bits per heavy atom. The second-order valence-electron chi connectivity index (χ2n) is 6.79. The first-order valence-corrected chi connectivity index (χ1v) is 10.3. The lowest BCUT2D eigenvalue weighted by Gasteiger charge is -2.20. The van der Waals surface area contributed by atoms with E-state index < -0.39 is 28.7 Å². The van der Waals surface area contributed by atoms with Gasteiger partial charge >= 0.3 is 6.18 Å². The molecule has 156 valence electrons. The Balaban J connectivity index is 1.73. The Kier molecular flexibility index (Phi) is 5.86. The highest BCUT2D eigenvalue weighted by Crippen LogP contribution is 2.38. The molecule has 7 heteroatoms. The highest BCUT2D eigenvalue weighted by molar-refractivity contribution is 7.17. The third-order valence-corrected chi connectivity index (χ3v) is 5.77. The number of carbonyl (C=O) groups excluding carboxylic acids is 1. The fourth-order valence-electron chi connectivity index (χ4n) is 3.22. The minimum Gasteiger partial charge on any atom is -0.340 e. The number of hydrogen-bond acceptors (Lipinski definition) is 3. The molecule has 0 unspecified atom stereocenters. The first-order chi connectivity index (χ1) is 14.9. The SMILES string of the molecule is O=C(NC(c1ccccc1)c1ccccc1)c1sc(-c2ccccc2)nc1C(F)(F)F. The zero-order valence-electron chi connectivity index (χ0n) is 16.1. The molecule has 0 fully saturated rings. The predicted molar refractivity (Wildman–Crippen MR) is 115 cm³/mol. The lowest BCUT2D eigenvalue weighted by Crippen LogP contribution is -2.30. The lowest BCUT2D eigenvalue weighted by molar-refractivity contribution is -0.141. The third-order valence-electron chi connectivity index (χ3n) is 4.66. The Morgan fingerprint density at radius 3 is 1.77 bits per heavy atom. The van der Waals surface area contributed by atoms with Crippen LogP contribution in [0.25, 0.3) is 10.6 Å². The monoisotopic (exact) mass is 438 g/mol. The molecule has 1 amide bonds. The molecule has 1 N–H and O–H groups in total. The molecule has 3 aromatic carbocycles. The van der Waals surface area contributed by atoms with E-state index in [4.69, 9.17) is 0 Å². The van der Waals surface area contributed by atoms with Crippen LogP contribution in [0.4, 0.5) is 13.2 Å². The van der Waals surface area contributed by atoms with Crippen molar-refractivity contribution in [3.8, 4) is 10.6 Å². The zero-order chi connectivity index (χ0) is 21.8. The van der Waals surface area contributed by atoms with E-state index in [2.05, 4.69) is 10.3 Å². The third kappa shape index (κ3) is 4.67. The molecule has 0 aliphatic carbocycles. The molecule has 0 aliphatic rings. The summed E-state index contributed by atoms with van der Waals surface area (Å²) in [6, 6.07) is 26.2. The van der Waals surface area contributed by atoms with Crippen molar-refractivity contribution in [1.29, 1.82) is 0 Å². The van der Waals surface area contributed by atoms with E-state index in [9.17, 15) is 18.0 Å². The van der Waals surface area contributed by atoms with Crippen LogP contribution in [0.5, 0.6) is 0 Å². The molecule has 0 aliphatic heterocycles. The Bertz CT molecular complexity index is 1120. The standard InChI is InChI=1S/C24H17F3N2OS/c25-24(26,27)21-20(31-23(29-21)18-14-8-3-9-15-18)22(30)28-19(16-10-4-1-5-11-16)17-12-6-2-7-13-17/h1-15,19H,(H,28,30). The number of alkyl halides is 3. The summed E-state index contributed by atoms with van der Waals surface area (Å²) in [5.74, 6) is -0.815. The summed E-state index contributed by atoms with van der Waals surface area (Å²) in [6.45, 7) is 0. The van der Waals surface area contributed by atoms with Gasteiger partial charge in [0.15, 0.2) is 5.69 Å². The molecule has 0 radical (unpaired) electrons. The van der Waals surface area contributed by atoms with Gasteiger partial charge in [-0.05, 0) is 11.1 Å². The van der Waals surface area contributed by atoms with Crippen LogP contribution >= 0.6 is 11.3 Å². The van der Waals surface area contributed by atoms with Crippen molar-refractivity contribution in [3.63, 3.8) is 0 Å². The average molecular weight is 438 g/mol. The number of hydrogen-bond donors (Lipinski definition) is 1. The molecular weight excluding hydrogens is 421 g/mol. The maximum absolute atomic E-state index is 13.7. The van der Waals surface area contributed by atoms with Crippen molar-refractivity contribution in [2.24, 2.45) is 0 Å². The van der Waals surface area contributed by atoms with Gasteiger partial charge in [0, 0.05) is 5.56 Å². The summed E-state index contributed by atoms with van der Waals surface area (Å²) in [6.07, 6.45) is -4.74. The predicted octanol–water partition coefficient (Wildman–Crippen LogP) is 6.35. The number of amides is 1. The molecule has 4 rings (SSSR count). The number of benzene rings is 3. The topological polar surface area (TPSA) is 42.0 Å². The minimum atomic E-state index is -4.74. The second kappa shape index (κ2) is 8.73. The fourth-order valence-corrected chi connectivity index (χ4v) is 4.21. The average Bonchev–Trinajstić information content (AvgIpc) is 3.26. The van der Waals surface area contributed by atoms with Crippen molar-refractivity contribution < 1.29 is 18.0 Å². The van der Waals surface area contributed by atoms with Gasteiger partial charge in [0.1, 0.15) is 9.88 Å². The summed E-state index contributed by atoms with van der Waals surface area (Å²) in [4.78, 5) is 16.4. The molecule has 0 saturated heterocycles. The van der Waals surface area contributed by atoms with E-state index in [1.165, 1.54) is 0 Å². The van der Waals surface area contributed by atoms with Crippen molar-refractivity contribution in [2.75, 3.05) is 0 Å². The number of nitrogens with zero attached hydrogens (tertiary/aromatic N) is 1. The quantitative estimate of drug-likeness (QED) is 0.395. The van der Waals surface area contributed by atoms with Gasteiger partial charge in [-0.15, -0.1) is 11.3 Å². The maximum atomic E-state index is 13.7. The van der Waals surface area contributed by atoms with Crippen LogP contribution in [0.3, 0.4) is 0 Å². The van der Waals surface area contributed by atoms with Crippen LogP contribution in [-0.4, -0.2) is 10.9 Å². The molecule has 1 heterocycles. The van der Waals surface area contributed by atoms with E-state index in [1.807, 2.05) is 60.7 Å². The molecule has 4 aromatic rings. The molecule has 0 atom stereocenters. The van der Waals surface area contributed by atoms with Gasteiger partial charge in [-0.2, -0.15) is 13.2 Å². The highest BCUT2D eigenvalue weighted by atomic mass is 32.1. The number of nitrogens with one attached hydrogen (secondary N) is 1. The highest BCUT2D eigenvalue weighted by Gasteiger charge is 2.40. The number of rotatable bonds is 5. The van der Waals surface area contributed by atoms with Gasteiger partial charge in [0.05, 0.1) is 6.04 Å². The first-order valence-electron chi connectivity index (χ1n) is 9.47. The molecule has 0 spiro atoms. The number of thiazole rings is 1. The fraction of sp³-hybridized carbons (Fsp3) is 0.0833. The Labute approximate surface area is 181 Å². The molecule has 0 saturated carbocycles. The molecule has 1 aromatic heterocycles. The van der Waals surface area contributed by atoms with Gasteiger partial charge in [0.25, 0.3) is 5.91 Å². The Morgan fingerprint density at radius 2 is 1.29 bits per heavy atom. The summed E-state index contributed by atoms with van der Waals surface area (Å²) in [5, 5.41) is 2.92. The van der Waals surface area contributed by atoms with Crippen molar-refractivity contribution in [3.05, 3.63) is 113 Å². The zero-order valence-corrected chi connectivity index (χ0v) is 17.0. The van der Waals surface area contributed by atoms with Crippen molar-refractivity contribution in [1.82, 2.24) is 10.3 Å². The van der Waals surface area contributed by atoms with Gasteiger partial charge in [-0.3, -0.25) is 4.79 Å².